The van der Waals surface area contributed by atoms with Crippen LogP contribution in [-0.2, 0) is 26.2 Å². The molecule has 2 rings (SSSR count). The summed E-state index contributed by atoms with van der Waals surface area (Å²) < 4.78 is 4.69. The number of hydrogen-bond donors (Lipinski definition) is 0. The Hall–Kier alpha value is -2.79. The molecule has 0 N–H and O–H groups in total. The zero-order chi connectivity index (χ0) is 21.3. The van der Waals surface area contributed by atoms with E-state index >= 15 is 0 Å². The third-order valence-corrected chi connectivity index (χ3v) is 4.18. The van der Waals surface area contributed by atoms with Crippen LogP contribution in [-0.4, -0.2) is 75.2 Å². The van der Waals surface area contributed by atoms with E-state index in [1.54, 1.807) is 10.8 Å². The minimum atomic E-state index is -0.468. The first kappa shape index (κ1) is 21.5. The second kappa shape index (κ2) is 7.68. The summed E-state index contributed by atoms with van der Waals surface area (Å²) in [5.74, 6) is -0.141. The van der Waals surface area contributed by atoms with Crippen molar-refractivity contribution in [3.8, 4) is 0 Å². The Kier molecular flexibility index (Phi) is 5.90. The van der Waals surface area contributed by atoms with Crippen molar-refractivity contribution in [2.24, 2.45) is 0 Å². The van der Waals surface area contributed by atoms with E-state index in [-0.39, 0.29) is 16.4 Å². The molecule has 0 aliphatic rings. The molecule has 0 fully saturated rings. The van der Waals surface area contributed by atoms with Crippen LogP contribution in [0.15, 0.2) is 18.6 Å². The second-order valence-electron chi connectivity index (χ2n) is 8.96. The summed E-state index contributed by atoms with van der Waals surface area (Å²) in [6, 6.07) is 1.51. The second-order valence-corrected chi connectivity index (χ2v) is 8.96. The van der Waals surface area contributed by atoms with E-state index < -0.39 is 4.92 Å². The van der Waals surface area contributed by atoms with Crippen LogP contribution in [0, 0.1) is 20.2 Å². The van der Waals surface area contributed by atoms with Crippen LogP contribution in [0.2, 0.25) is 0 Å². The molecule has 0 aliphatic heterocycles. The molecule has 28 heavy (non-hydrogen) atoms. The lowest BCUT2D eigenvalue weighted by Gasteiger charge is -2.25. The van der Waals surface area contributed by atoms with Gasteiger partial charge in [-0.3, -0.25) is 10.1 Å². The molecule has 0 spiro atoms. The lowest BCUT2D eigenvalue weighted by atomic mass is 10.3. The number of nitrogens with zero attached hydrogens (tertiary/aromatic N) is 7. The van der Waals surface area contributed by atoms with Gasteiger partial charge >= 0.3 is 5.82 Å². The number of aryl methyl sites for hydroxylation is 2. The number of rotatable bonds is 9. The van der Waals surface area contributed by atoms with E-state index in [9.17, 15) is 20.2 Å². The van der Waals surface area contributed by atoms with Gasteiger partial charge in [0.1, 0.15) is 13.1 Å². The van der Waals surface area contributed by atoms with Crippen molar-refractivity contribution in [3.63, 3.8) is 0 Å². The molecule has 0 saturated carbocycles. The van der Waals surface area contributed by atoms with Gasteiger partial charge in [-0.25, -0.2) is 0 Å². The maximum Gasteiger partial charge on any atom is 0.390 e. The molecule has 2 heterocycles. The minimum absolute atomic E-state index is 0.0937. The molecule has 0 amide bonds. The first-order valence-corrected chi connectivity index (χ1v) is 8.90. The lowest BCUT2D eigenvalue weighted by Crippen LogP contribution is -2.35. The summed E-state index contributed by atoms with van der Waals surface area (Å²) in [5, 5.41) is 22.7. The summed E-state index contributed by atoms with van der Waals surface area (Å²) in [7, 11) is 11.8. The highest BCUT2D eigenvalue weighted by atomic mass is 16.6. The van der Waals surface area contributed by atoms with E-state index in [2.05, 4.69) is 4.98 Å². The predicted molar refractivity (Wildman–Crippen MR) is 103 cm³/mol. The third kappa shape index (κ3) is 5.36. The monoisotopic (exact) mass is 395 g/mol. The van der Waals surface area contributed by atoms with E-state index in [1.165, 1.54) is 12.4 Å². The molecule has 2 aromatic rings. The highest BCUT2D eigenvalue weighted by Crippen LogP contribution is 2.24. The number of quaternary nitrogens is 2. The number of nitro groups is 2. The van der Waals surface area contributed by atoms with Gasteiger partial charge in [-0.2, -0.15) is 0 Å². The quantitative estimate of drug-likeness (QED) is 0.364. The van der Waals surface area contributed by atoms with Gasteiger partial charge in [0.15, 0.2) is 11.4 Å². The summed E-state index contributed by atoms with van der Waals surface area (Å²) in [6.07, 6.45) is 3.18. The number of aromatic nitrogens is 3. The van der Waals surface area contributed by atoms with E-state index in [1.807, 2.05) is 46.9 Å². The van der Waals surface area contributed by atoms with E-state index in [0.29, 0.717) is 46.5 Å². The maximum atomic E-state index is 11.4. The van der Waals surface area contributed by atoms with Crippen molar-refractivity contribution >= 4 is 11.5 Å². The SMILES string of the molecule is C[N+](C)(C)Cc1c([N+](=O)[O-])ccn1CCn1cnc([N+](=O)[O-])c1C[N+](C)(C)C. The predicted octanol–water partition coefficient (Wildman–Crippen LogP) is 1.61. The van der Waals surface area contributed by atoms with Crippen LogP contribution in [0.4, 0.5) is 11.5 Å². The molecular weight excluding hydrogens is 366 g/mol. The van der Waals surface area contributed by atoms with Gasteiger partial charge in [0, 0.05) is 25.4 Å². The Bertz CT molecular complexity index is 799. The van der Waals surface area contributed by atoms with Gasteiger partial charge in [0.05, 0.1) is 47.2 Å². The molecular formula is C17H29N7O4+2. The van der Waals surface area contributed by atoms with Gasteiger partial charge in [-0.15, -0.1) is 0 Å². The lowest BCUT2D eigenvalue weighted by molar-refractivity contribution is -0.884. The topological polar surface area (TPSA) is 109 Å². The smallest absolute Gasteiger partial charge is 0.358 e. The summed E-state index contributed by atoms with van der Waals surface area (Å²) in [5.41, 5.74) is 1.28. The fourth-order valence-electron chi connectivity index (χ4n) is 3.06. The molecule has 0 radical (unpaired) electrons. The van der Waals surface area contributed by atoms with E-state index in [0.717, 1.165) is 0 Å². The Morgan fingerprint density at radius 3 is 1.93 bits per heavy atom. The highest BCUT2D eigenvalue weighted by molar-refractivity contribution is 5.36. The summed E-state index contributed by atoms with van der Waals surface area (Å²) in [6.45, 7) is 1.85. The van der Waals surface area contributed by atoms with Crippen LogP contribution in [0.5, 0.6) is 0 Å². The van der Waals surface area contributed by atoms with Crippen LogP contribution >= 0.6 is 0 Å². The highest BCUT2D eigenvalue weighted by Gasteiger charge is 2.28. The summed E-state index contributed by atoms with van der Waals surface area (Å²) in [4.78, 5) is 25.8. The molecule has 0 aliphatic carbocycles. The Morgan fingerprint density at radius 2 is 1.43 bits per heavy atom. The largest absolute Gasteiger partial charge is 0.390 e. The van der Waals surface area contributed by atoms with Gasteiger partial charge in [-0.1, -0.05) is 0 Å². The van der Waals surface area contributed by atoms with Gasteiger partial charge in [-0.05, 0) is 9.91 Å². The fraction of sp³-hybridized carbons (Fsp3) is 0.588. The normalized spacial score (nSPS) is 12.4. The zero-order valence-corrected chi connectivity index (χ0v) is 17.3. The molecule has 154 valence electrons. The zero-order valence-electron chi connectivity index (χ0n) is 17.3. The average molecular weight is 395 g/mol. The third-order valence-electron chi connectivity index (χ3n) is 4.18. The van der Waals surface area contributed by atoms with Crippen LogP contribution in [0.25, 0.3) is 0 Å². The van der Waals surface area contributed by atoms with Gasteiger partial charge < -0.3 is 28.2 Å². The maximum absolute atomic E-state index is 11.4. The molecule has 0 saturated heterocycles. The minimum Gasteiger partial charge on any atom is -0.358 e. The van der Waals surface area contributed by atoms with Gasteiger partial charge in [0.25, 0.3) is 5.69 Å². The average Bonchev–Trinajstić information content (AvgIpc) is 3.06. The molecule has 0 bridgehead atoms. The van der Waals surface area contributed by atoms with Crippen molar-refractivity contribution in [2.45, 2.75) is 26.2 Å². The molecule has 2 aromatic heterocycles. The fourth-order valence-corrected chi connectivity index (χ4v) is 3.06. The van der Waals surface area contributed by atoms with Crippen molar-refractivity contribution in [3.05, 3.63) is 50.2 Å². The Morgan fingerprint density at radius 1 is 0.893 bits per heavy atom. The number of hydrogen-bond acceptors (Lipinski definition) is 5. The van der Waals surface area contributed by atoms with E-state index in [4.69, 9.17) is 0 Å². The number of imidazole rings is 1. The molecule has 0 aromatic carbocycles. The molecule has 0 atom stereocenters. The standard InChI is InChI=1S/C17H29N7O4/c1-23(2,3)11-15-14(21(25)26)7-8-19(15)9-10-20-13-18-17(22(27)28)16(20)12-24(4,5)6/h7-8,13H,9-12H2,1-6H3/q+2. The Labute approximate surface area is 163 Å². The van der Waals surface area contributed by atoms with Crippen molar-refractivity contribution in [1.82, 2.24) is 14.1 Å². The van der Waals surface area contributed by atoms with Crippen molar-refractivity contribution in [2.75, 3.05) is 42.3 Å². The first-order chi connectivity index (χ1) is 12.8. The van der Waals surface area contributed by atoms with Crippen LogP contribution in [0.3, 0.4) is 0 Å². The Balaban J connectivity index is 2.32. The van der Waals surface area contributed by atoms with Crippen LogP contribution < -0.4 is 0 Å². The first-order valence-electron chi connectivity index (χ1n) is 8.90. The molecule has 11 heteroatoms. The molecule has 0 unspecified atom stereocenters. The summed E-state index contributed by atoms with van der Waals surface area (Å²) >= 11 is 0. The van der Waals surface area contributed by atoms with Crippen molar-refractivity contribution in [1.29, 1.82) is 0 Å². The van der Waals surface area contributed by atoms with Gasteiger partial charge in [0.2, 0.25) is 6.33 Å². The van der Waals surface area contributed by atoms with Crippen molar-refractivity contribution < 1.29 is 18.8 Å². The van der Waals surface area contributed by atoms with Crippen LogP contribution in [0.1, 0.15) is 11.4 Å². The molecule has 11 nitrogen and oxygen atoms in total.